The molecule has 7 heteroatoms. The third-order valence-electron chi connectivity index (χ3n) is 5.23. The molecule has 0 aliphatic carbocycles. The zero-order chi connectivity index (χ0) is 23.9. The highest BCUT2D eigenvalue weighted by molar-refractivity contribution is 7.18. The molecule has 4 rings (SSSR count). The zero-order valence-electron chi connectivity index (χ0n) is 19.2. The van der Waals surface area contributed by atoms with Gasteiger partial charge in [0, 0.05) is 29.5 Å². The fourth-order valence-corrected chi connectivity index (χ4v) is 4.66. The van der Waals surface area contributed by atoms with Gasteiger partial charge in [-0.05, 0) is 62.4 Å². The number of para-hydroxylation sites is 2. The summed E-state index contributed by atoms with van der Waals surface area (Å²) in [6.45, 7) is 3.95. The Balaban J connectivity index is 1.26. The van der Waals surface area contributed by atoms with Gasteiger partial charge in [-0.1, -0.05) is 30.3 Å². The first kappa shape index (κ1) is 23.4. The highest BCUT2D eigenvalue weighted by Gasteiger charge is 2.14. The van der Waals surface area contributed by atoms with Gasteiger partial charge in [-0.2, -0.15) is 0 Å². The fraction of sp³-hybridized carbons (Fsp3) is 0.222. The molecule has 6 nitrogen and oxygen atoms in total. The predicted molar refractivity (Wildman–Crippen MR) is 138 cm³/mol. The molecule has 4 aromatic rings. The van der Waals surface area contributed by atoms with Crippen LogP contribution in [0.3, 0.4) is 0 Å². The normalized spacial score (nSPS) is 10.9. The molecule has 0 saturated carbocycles. The lowest BCUT2D eigenvalue weighted by atomic mass is 10.2. The van der Waals surface area contributed by atoms with E-state index in [9.17, 15) is 9.59 Å². The monoisotopic (exact) mass is 473 g/mol. The van der Waals surface area contributed by atoms with Crippen molar-refractivity contribution in [2.75, 3.05) is 16.8 Å². The van der Waals surface area contributed by atoms with E-state index in [1.165, 1.54) is 0 Å². The van der Waals surface area contributed by atoms with E-state index in [0.29, 0.717) is 12.1 Å². The number of nitrogens with one attached hydrogen (secondary N) is 1. The van der Waals surface area contributed by atoms with Crippen molar-refractivity contribution >= 4 is 50.5 Å². The van der Waals surface area contributed by atoms with Crippen molar-refractivity contribution in [3.05, 3.63) is 83.9 Å². The molecule has 0 fully saturated rings. The maximum atomic E-state index is 12.2. The Bertz CT molecular complexity index is 1220. The summed E-state index contributed by atoms with van der Waals surface area (Å²) < 4.78 is 6.23. The van der Waals surface area contributed by atoms with Crippen molar-refractivity contribution < 1.29 is 14.3 Å². The highest BCUT2D eigenvalue weighted by Crippen LogP contribution is 2.28. The Labute approximate surface area is 203 Å². The molecule has 1 amide bonds. The second kappa shape index (κ2) is 10.9. The summed E-state index contributed by atoms with van der Waals surface area (Å²) >= 11 is 1.57. The van der Waals surface area contributed by atoms with Gasteiger partial charge in [-0.3, -0.25) is 9.59 Å². The van der Waals surface area contributed by atoms with Gasteiger partial charge in [0.2, 0.25) is 0 Å². The smallest absolute Gasteiger partial charge is 0.306 e. The van der Waals surface area contributed by atoms with Crippen molar-refractivity contribution in [3.63, 3.8) is 0 Å². The third-order valence-corrected chi connectivity index (χ3v) is 6.32. The average Bonchev–Trinajstić information content (AvgIpc) is 3.26. The Kier molecular flexibility index (Phi) is 7.54. The number of fused-ring (bicyclic) bond motifs is 1. The summed E-state index contributed by atoms with van der Waals surface area (Å²) in [6.07, 6.45) is 0.682. The lowest BCUT2D eigenvalue weighted by Crippen LogP contribution is -2.25. The van der Waals surface area contributed by atoms with E-state index in [1.807, 2.05) is 66.7 Å². The topological polar surface area (TPSA) is 71.5 Å². The maximum absolute atomic E-state index is 12.2. The molecular formula is C27H27N3O3S. The van der Waals surface area contributed by atoms with Crippen LogP contribution in [0.25, 0.3) is 10.2 Å². The van der Waals surface area contributed by atoms with Crippen LogP contribution in [0.5, 0.6) is 0 Å². The Morgan fingerprint density at radius 2 is 1.62 bits per heavy atom. The number of esters is 1. The van der Waals surface area contributed by atoms with Crippen molar-refractivity contribution in [2.45, 2.75) is 32.7 Å². The number of benzene rings is 3. The van der Waals surface area contributed by atoms with Crippen molar-refractivity contribution in [2.24, 2.45) is 0 Å². The quantitative estimate of drug-likeness (QED) is 0.304. The molecule has 34 heavy (non-hydrogen) atoms. The lowest BCUT2D eigenvalue weighted by molar-refractivity contribution is -0.147. The number of hydrogen-bond donors (Lipinski definition) is 1. The van der Waals surface area contributed by atoms with Crippen molar-refractivity contribution in [3.8, 4) is 0 Å². The number of aryl methyl sites for hydroxylation is 1. The Hall–Kier alpha value is -3.71. The Morgan fingerprint density at radius 3 is 2.32 bits per heavy atom. The van der Waals surface area contributed by atoms with Gasteiger partial charge in [-0.15, -0.1) is 11.3 Å². The van der Waals surface area contributed by atoms with Crippen LogP contribution < -0.4 is 10.2 Å². The van der Waals surface area contributed by atoms with E-state index in [-0.39, 0.29) is 25.0 Å². The first-order chi connectivity index (χ1) is 16.5. The molecule has 0 saturated heterocycles. The molecule has 0 aliphatic heterocycles. The molecule has 1 N–H and O–H groups in total. The van der Waals surface area contributed by atoms with Crippen LogP contribution in [0, 0.1) is 0 Å². The molecule has 0 aliphatic rings. The van der Waals surface area contributed by atoms with E-state index < -0.39 is 5.97 Å². The van der Waals surface area contributed by atoms with Crippen LogP contribution >= 0.6 is 11.3 Å². The number of anilines is 3. The number of carbonyl (C=O) groups is 2. The van der Waals surface area contributed by atoms with Crippen LogP contribution in [0.15, 0.2) is 78.9 Å². The number of amides is 1. The van der Waals surface area contributed by atoms with Gasteiger partial charge in [0.05, 0.1) is 21.6 Å². The fourth-order valence-electron chi connectivity index (χ4n) is 3.69. The molecule has 3 aromatic carbocycles. The van der Waals surface area contributed by atoms with Gasteiger partial charge in [-0.25, -0.2) is 4.98 Å². The van der Waals surface area contributed by atoms with Crippen LogP contribution in [0.4, 0.5) is 17.1 Å². The van der Waals surface area contributed by atoms with E-state index in [4.69, 9.17) is 4.74 Å². The third kappa shape index (κ3) is 5.99. The number of hydrogen-bond acceptors (Lipinski definition) is 6. The highest BCUT2D eigenvalue weighted by atomic mass is 32.1. The summed E-state index contributed by atoms with van der Waals surface area (Å²) in [5, 5.41) is 3.66. The molecule has 1 heterocycles. The number of ether oxygens (including phenoxy) is 1. The summed E-state index contributed by atoms with van der Waals surface area (Å²) in [7, 11) is 0. The zero-order valence-corrected chi connectivity index (χ0v) is 20.0. The summed E-state index contributed by atoms with van der Waals surface area (Å²) in [6, 6.07) is 25.9. The minimum absolute atomic E-state index is 0.187. The van der Waals surface area contributed by atoms with E-state index in [0.717, 1.165) is 26.6 Å². The predicted octanol–water partition coefficient (Wildman–Crippen LogP) is 5.96. The van der Waals surface area contributed by atoms with Gasteiger partial charge in [0.15, 0.2) is 6.61 Å². The molecule has 0 bridgehead atoms. The molecule has 1 aromatic heterocycles. The number of aromatic nitrogens is 1. The molecular weight excluding hydrogens is 446 g/mol. The second-order valence-electron chi connectivity index (χ2n) is 8.13. The molecule has 0 spiro atoms. The number of nitrogens with zero attached hydrogens (tertiary/aromatic N) is 2. The van der Waals surface area contributed by atoms with Crippen LogP contribution in [0.2, 0.25) is 0 Å². The van der Waals surface area contributed by atoms with Gasteiger partial charge >= 0.3 is 5.97 Å². The van der Waals surface area contributed by atoms with Crippen molar-refractivity contribution in [1.82, 2.24) is 4.98 Å². The standard InChI is InChI=1S/C27H27N3O3S/c1-19(2)30(21-8-4-3-5-9-21)22-14-12-20(13-15-22)28-25(31)18-33-27(32)17-16-26-29-23-10-6-7-11-24(23)34-26/h3-15,19H,16-18H2,1-2H3,(H,28,31). The number of carbonyl (C=O) groups excluding carboxylic acids is 2. The van der Waals surface area contributed by atoms with Gasteiger partial charge < -0.3 is 15.0 Å². The maximum Gasteiger partial charge on any atom is 0.306 e. The Morgan fingerprint density at radius 1 is 0.941 bits per heavy atom. The summed E-state index contributed by atoms with van der Waals surface area (Å²) in [4.78, 5) is 31.1. The first-order valence-corrected chi connectivity index (χ1v) is 12.1. The first-order valence-electron chi connectivity index (χ1n) is 11.2. The van der Waals surface area contributed by atoms with Crippen LogP contribution in [-0.2, 0) is 20.7 Å². The average molecular weight is 474 g/mol. The second-order valence-corrected chi connectivity index (χ2v) is 9.25. The minimum atomic E-state index is -0.416. The van der Waals surface area contributed by atoms with Crippen LogP contribution in [-0.4, -0.2) is 29.5 Å². The van der Waals surface area contributed by atoms with E-state index in [1.54, 1.807) is 11.3 Å². The van der Waals surface area contributed by atoms with Crippen LogP contribution in [0.1, 0.15) is 25.3 Å². The molecule has 174 valence electrons. The molecule has 0 unspecified atom stereocenters. The number of thiazole rings is 1. The van der Waals surface area contributed by atoms with Gasteiger partial charge in [0.1, 0.15) is 0 Å². The number of rotatable bonds is 9. The summed E-state index contributed by atoms with van der Waals surface area (Å²) in [5.41, 5.74) is 3.71. The van der Waals surface area contributed by atoms with E-state index >= 15 is 0 Å². The molecule has 0 atom stereocenters. The van der Waals surface area contributed by atoms with Gasteiger partial charge in [0.25, 0.3) is 5.91 Å². The summed E-state index contributed by atoms with van der Waals surface area (Å²) in [5.74, 6) is -0.787. The molecule has 0 radical (unpaired) electrons. The largest absolute Gasteiger partial charge is 0.456 e. The van der Waals surface area contributed by atoms with E-state index in [2.05, 4.69) is 41.2 Å². The SMILES string of the molecule is CC(C)N(c1ccccc1)c1ccc(NC(=O)COC(=O)CCc2nc3ccccc3s2)cc1. The lowest BCUT2D eigenvalue weighted by Gasteiger charge is -2.29. The van der Waals surface area contributed by atoms with Crippen molar-refractivity contribution in [1.29, 1.82) is 0 Å². The minimum Gasteiger partial charge on any atom is -0.456 e.